The van der Waals surface area contributed by atoms with Crippen LogP contribution in [0, 0.1) is 6.92 Å². The first-order valence-corrected chi connectivity index (χ1v) is 4.40. The van der Waals surface area contributed by atoms with E-state index < -0.39 is 5.97 Å². The van der Waals surface area contributed by atoms with E-state index >= 15 is 0 Å². The molecule has 2 aromatic rings. The summed E-state index contributed by atoms with van der Waals surface area (Å²) in [7, 11) is 0. The van der Waals surface area contributed by atoms with E-state index in [4.69, 9.17) is 0 Å². The van der Waals surface area contributed by atoms with Crippen LogP contribution in [0.4, 0.5) is 0 Å². The third-order valence-electron chi connectivity index (χ3n) is 2.36. The highest BCUT2D eigenvalue weighted by molar-refractivity contribution is 6.03. The highest BCUT2D eigenvalue weighted by Crippen LogP contribution is 2.21. The number of carbonyl (C=O) groups is 1. The Kier molecular flexibility index (Phi) is 1.97. The van der Waals surface area contributed by atoms with Gasteiger partial charge in [0, 0.05) is 5.56 Å². The minimum Gasteiger partial charge on any atom is -0.545 e. The van der Waals surface area contributed by atoms with Crippen molar-refractivity contribution in [2.24, 2.45) is 0 Å². The number of fused-ring (bicyclic) bond motifs is 1. The van der Waals surface area contributed by atoms with Gasteiger partial charge >= 0.3 is 0 Å². The van der Waals surface area contributed by atoms with Crippen molar-refractivity contribution in [1.82, 2.24) is 0 Å². The van der Waals surface area contributed by atoms with Crippen LogP contribution in [-0.4, -0.2) is 5.97 Å². The van der Waals surface area contributed by atoms with E-state index in [2.05, 4.69) is 0 Å². The van der Waals surface area contributed by atoms with Crippen molar-refractivity contribution in [2.75, 3.05) is 0 Å². The summed E-state index contributed by atoms with van der Waals surface area (Å²) in [6.07, 6.45) is 0. The summed E-state index contributed by atoms with van der Waals surface area (Å²) in [4.78, 5) is 10.8. The number of rotatable bonds is 1. The van der Waals surface area contributed by atoms with E-state index in [1.807, 2.05) is 25.1 Å². The minimum absolute atomic E-state index is 0.256. The molecule has 0 N–H and O–H groups in total. The zero-order valence-corrected chi connectivity index (χ0v) is 7.78. The van der Waals surface area contributed by atoms with Gasteiger partial charge in [-0.05, 0) is 23.3 Å². The summed E-state index contributed by atoms with van der Waals surface area (Å²) < 4.78 is 0. The number of aryl methyl sites for hydroxylation is 1. The first kappa shape index (κ1) is 8.75. The van der Waals surface area contributed by atoms with Crippen molar-refractivity contribution >= 4 is 16.7 Å². The molecule has 0 aromatic heterocycles. The number of carboxylic acid groups (broad SMARTS) is 1. The summed E-state index contributed by atoms with van der Waals surface area (Å²) in [5, 5.41) is 12.5. The van der Waals surface area contributed by atoms with Crippen LogP contribution in [0.15, 0.2) is 36.4 Å². The standard InChI is InChI=1S/C12H10O2/c1-8-6-7-11(12(13)14)10-5-3-2-4-9(8)10/h2-7H,1H3,(H,13,14)/p-1. The Hall–Kier alpha value is -1.83. The Morgan fingerprint density at radius 1 is 1.07 bits per heavy atom. The predicted molar refractivity (Wildman–Crippen MR) is 53.0 cm³/mol. The maximum atomic E-state index is 10.8. The molecule has 2 nitrogen and oxygen atoms in total. The molecular formula is C12H9O2-. The Morgan fingerprint density at radius 2 is 1.71 bits per heavy atom. The zero-order chi connectivity index (χ0) is 10.1. The van der Waals surface area contributed by atoms with E-state index in [0.29, 0.717) is 0 Å². The molecule has 0 atom stereocenters. The largest absolute Gasteiger partial charge is 0.545 e. The molecular weight excluding hydrogens is 176 g/mol. The molecule has 0 saturated carbocycles. The van der Waals surface area contributed by atoms with Gasteiger partial charge in [-0.25, -0.2) is 0 Å². The van der Waals surface area contributed by atoms with Crippen molar-refractivity contribution < 1.29 is 9.90 Å². The molecule has 0 unspecified atom stereocenters. The number of carbonyl (C=O) groups excluding carboxylic acids is 1. The van der Waals surface area contributed by atoms with Gasteiger partial charge in [0.05, 0.1) is 5.97 Å². The normalized spacial score (nSPS) is 10.4. The van der Waals surface area contributed by atoms with Crippen LogP contribution < -0.4 is 5.11 Å². The molecule has 14 heavy (non-hydrogen) atoms. The lowest BCUT2D eigenvalue weighted by Crippen LogP contribution is -2.22. The maximum absolute atomic E-state index is 10.8. The van der Waals surface area contributed by atoms with Crippen molar-refractivity contribution in [3.05, 3.63) is 47.5 Å². The van der Waals surface area contributed by atoms with Crippen LogP contribution in [0.25, 0.3) is 10.8 Å². The second kappa shape index (κ2) is 3.14. The molecule has 0 fully saturated rings. The molecule has 0 aliphatic carbocycles. The van der Waals surface area contributed by atoms with Gasteiger partial charge in [0.1, 0.15) is 0 Å². The summed E-state index contributed by atoms with van der Waals surface area (Å²) in [5.74, 6) is -1.12. The zero-order valence-electron chi connectivity index (χ0n) is 7.78. The molecule has 0 heterocycles. The molecule has 2 heteroatoms. The molecule has 0 aliphatic heterocycles. The average molecular weight is 185 g/mol. The lowest BCUT2D eigenvalue weighted by Gasteiger charge is -2.08. The van der Waals surface area contributed by atoms with Crippen LogP contribution in [0.3, 0.4) is 0 Å². The van der Waals surface area contributed by atoms with E-state index in [-0.39, 0.29) is 5.56 Å². The Bertz CT molecular complexity index is 501. The second-order valence-corrected chi connectivity index (χ2v) is 3.26. The third-order valence-corrected chi connectivity index (χ3v) is 2.36. The fourth-order valence-corrected chi connectivity index (χ4v) is 1.63. The first-order chi connectivity index (χ1) is 6.70. The summed E-state index contributed by atoms with van der Waals surface area (Å²) in [5.41, 5.74) is 1.33. The van der Waals surface area contributed by atoms with Gasteiger partial charge in [0.15, 0.2) is 0 Å². The first-order valence-electron chi connectivity index (χ1n) is 4.40. The molecule has 0 spiro atoms. The van der Waals surface area contributed by atoms with E-state index in [1.54, 1.807) is 18.2 Å². The summed E-state index contributed by atoms with van der Waals surface area (Å²) in [6, 6.07) is 10.8. The molecule has 70 valence electrons. The van der Waals surface area contributed by atoms with Crippen LogP contribution in [0.5, 0.6) is 0 Å². The lowest BCUT2D eigenvalue weighted by atomic mass is 10.0. The summed E-state index contributed by atoms with van der Waals surface area (Å²) >= 11 is 0. The van der Waals surface area contributed by atoms with Gasteiger partial charge in [-0.1, -0.05) is 36.4 Å². The highest BCUT2D eigenvalue weighted by atomic mass is 16.4. The van der Waals surface area contributed by atoms with Crippen molar-refractivity contribution in [3.8, 4) is 0 Å². The number of hydrogen-bond donors (Lipinski definition) is 0. The monoisotopic (exact) mass is 185 g/mol. The molecule has 0 bridgehead atoms. The average Bonchev–Trinajstić information content (AvgIpc) is 2.18. The molecule has 0 radical (unpaired) electrons. The van der Waals surface area contributed by atoms with Crippen molar-refractivity contribution in [2.45, 2.75) is 6.92 Å². The lowest BCUT2D eigenvalue weighted by molar-refractivity contribution is -0.254. The van der Waals surface area contributed by atoms with Gasteiger partial charge in [0.2, 0.25) is 0 Å². The Balaban J connectivity index is 2.88. The third kappa shape index (κ3) is 1.25. The topological polar surface area (TPSA) is 40.1 Å². The predicted octanol–water partition coefficient (Wildman–Crippen LogP) is 1.51. The SMILES string of the molecule is Cc1ccc(C(=O)[O-])c2ccccc12. The number of hydrogen-bond acceptors (Lipinski definition) is 2. The minimum atomic E-state index is -1.12. The van der Waals surface area contributed by atoms with E-state index in [1.165, 1.54) is 0 Å². The van der Waals surface area contributed by atoms with Crippen molar-refractivity contribution in [1.29, 1.82) is 0 Å². The van der Waals surface area contributed by atoms with E-state index in [9.17, 15) is 9.90 Å². The van der Waals surface area contributed by atoms with Gasteiger partial charge in [-0.3, -0.25) is 0 Å². The molecule has 2 aromatic carbocycles. The fourth-order valence-electron chi connectivity index (χ4n) is 1.63. The van der Waals surface area contributed by atoms with E-state index in [0.717, 1.165) is 16.3 Å². The van der Waals surface area contributed by atoms with Crippen LogP contribution in [-0.2, 0) is 0 Å². The maximum Gasteiger partial charge on any atom is 0.0721 e. The molecule has 0 amide bonds. The number of aromatic carboxylic acids is 1. The molecule has 2 rings (SSSR count). The van der Waals surface area contributed by atoms with Gasteiger partial charge in [0.25, 0.3) is 0 Å². The Labute approximate surface area is 81.8 Å². The van der Waals surface area contributed by atoms with Crippen molar-refractivity contribution in [3.63, 3.8) is 0 Å². The van der Waals surface area contributed by atoms with Gasteiger partial charge < -0.3 is 9.90 Å². The second-order valence-electron chi connectivity index (χ2n) is 3.26. The molecule has 0 aliphatic rings. The fraction of sp³-hybridized carbons (Fsp3) is 0.0833. The van der Waals surface area contributed by atoms with Crippen LogP contribution in [0.1, 0.15) is 15.9 Å². The van der Waals surface area contributed by atoms with Crippen LogP contribution >= 0.6 is 0 Å². The smallest absolute Gasteiger partial charge is 0.0721 e. The molecule has 0 saturated heterocycles. The van der Waals surface area contributed by atoms with Gasteiger partial charge in [-0.15, -0.1) is 0 Å². The number of carboxylic acids is 1. The highest BCUT2D eigenvalue weighted by Gasteiger charge is 2.02. The Morgan fingerprint density at radius 3 is 2.36 bits per heavy atom. The quantitative estimate of drug-likeness (QED) is 0.675. The summed E-state index contributed by atoms with van der Waals surface area (Å²) in [6.45, 7) is 1.96. The van der Waals surface area contributed by atoms with Gasteiger partial charge in [-0.2, -0.15) is 0 Å². The number of benzene rings is 2. The van der Waals surface area contributed by atoms with Crippen LogP contribution in [0.2, 0.25) is 0 Å².